The predicted molar refractivity (Wildman–Crippen MR) is 152 cm³/mol. The zero-order chi connectivity index (χ0) is 30.7. The number of benzene rings is 3. The fourth-order valence-electron chi connectivity index (χ4n) is 4.93. The molecule has 0 fully saturated rings. The first-order chi connectivity index (χ1) is 19.6. The van der Waals surface area contributed by atoms with E-state index in [9.17, 15) is 30.8 Å². The van der Waals surface area contributed by atoms with E-state index >= 15 is 0 Å². The number of halogens is 4. The molecule has 0 unspecified atom stereocenters. The summed E-state index contributed by atoms with van der Waals surface area (Å²) in [6.07, 6.45) is -2.44. The van der Waals surface area contributed by atoms with Gasteiger partial charge in [0.15, 0.2) is 0 Å². The van der Waals surface area contributed by atoms with Crippen molar-refractivity contribution in [3.05, 3.63) is 100 Å². The highest BCUT2D eigenvalue weighted by Gasteiger charge is 2.31. The van der Waals surface area contributed by atoms with E-state index in [1.807, 2.05) is 12.1 Å². The Kier molecular flexibility index (Phi) is 9.44. The summed E-state index contributed by atoms with van der Waals surface area (Å²) in [6, 6.07) is 13.0. The third kappa shape index (κ3) is 8.39. The standard InChI is InChI=1S/C31H35F4N3O3S/c1-30(2,3)36-19-20-7-16-26-22(17-20)5-4-6-27(26)37-29(39)18-28(21-8-12-24(32)13-9-21)38-42(40,41)25-14-10-23(11-15-25)31(33,34)35/h7-17,27-28,36,38H,4-6,18-19H2,1-3H3,(H,37,39)/t27-,28-/m1/s1. The molecule has 1 aliphatic carbocycles. The Morgan fingerprint density at radius 2 is 1.64 bits per heavy atom. The number of alkyl halides is 3. The first kappa shape index (κ1) is 31.7. The van der Waals surface area contributed by atoms with Gasteiger partial charge in [-0.2, -0.15) is 13.2 Å². The molecule has 226 valence electrons. The smallest absolute Gasteiger partial charge is 0.349 e. The fraction of sp³-hybridized carbons (Fsp3) is 0.387. The highest BCUT2D eigenvalue weighted by atomic mass is 32.2. The molecular formula is C31H35F4N3O3S. The van der Waals surface area contributed by atoms with Crippen molar-refractivity contribution >= 4 is 15.9 Å². The van der Waals surface area contributed by atoms with Gasteiger partial charge in [-0.1, -0.05) is 30.3 Å². The third-order valence-electron chi connectivity index (χ3n) is 7.13. The second-order valence-electron chi connectivity index (χ2n) is 11.6. The third-order valence-corrected chi connectivity index (χ3v) is 8.62. The zero-order valence-corrected chi connectivity index (χ0v) is 24.5. The molecule has 0 aliphatic heterocycles. The van der Waals surface area contributed by atoms with Crippen molar-refractivity contribution < 1.29 is 30.8 Å². The summed E-state index contributed by atoms with van der Waals surface area (Å²) < 4.78 is 81.2. The van der Waals surface area contributed by atoms with Crippen molar-refractivity contribution in [2.45, 2.75) is 81.7 Å². The summed E-state index contributed by atoms with van der Waals surface area (Å²) in [5, 5.41) is 6.49. The van der Waals surface area contributed by atoms with Crippen LogP contribution in [0.1, 0.15) is 79.9 Å². The van der Waals surface area contributed by atoms with Gasteiger partial charge in [0, 0.05) is 18.5 Å². The van der Waals surface area contributed by atoms with E-state index in [4.69, 9.17) is 0 Å². The fourth-order valence-corrected chi connectivity index (χ4v) is 6.16. The largest absolute Gasteiger partial charge is 0.416 e. The lowest BCUT2D eigenvalue weighted by Gasteiger charge is -2.28. The highest BCUT2D eigenvalue weighted by Crippen LogP contribution is 2.32. The van der Waals surface area contributed by atoms with Gasteiger partial charge in [0.25, 0.3) is 0 Å². The predicted octanol–water partition coefficient (Wildman–Crippen LogP) is 6.34. The van der Waals surface area contributed by atoms with E-state index in [1.165, 1.54) is 12.1 Å². The first-order valence-electron chi connectivity index (χ1n) is 13.7. The number of hydrogen-bond acceptors (Lipinski definition) is 4. The van der Waals surface area contributed by atoms with E-state index in [1.54, 1.807) is 0 Å². The SMILES string of the molecule is CC(C)(C)NCc1ccc2c(c1)CCC[C@H]2NC(=O)C[C@@H](NS(=O)(=O)c1ccc(C(F)(F)F)cc1)c1ccc(F)cc1. The van der Waals surface area contributed by atoms with Crippen LogP contribution in [0.2, 0.25) is 0 Å². The van der Waals surface area contributed by atoms with Gasteiger partial charge in [0.05, 0.1) is 22.5 Å². The molecule has 1 aliphatic rings. The summed E-state index contributed by atoms with van der Waals surface area (Å²) in [4.78, 5) is 12.9. The molecule has 42 heavy (non-hydrogen) atoms. The van der Waals surface area contributed by atoms with Crippen LogP contribution < -0.4 is 15.4 Å². The number of carbonyl (C=O) groups is 1. The second-order valence-corrected chi connectivity index (χ2v) is 13.3. The lowest BCUT2D eigenvalue weighted by atomic mass is 9.86. The van der Waals surface area contributed by atoms with Gasteiger partial charge in [0.1, 0.15) is 5.82 Å². The van der Waals surface area contributed by atoms with Crippen molar-refractivity contribution in [1.29, 1.82) is 0 Å². The van der Waals surface area contributed by atoms with Gasteiger partial charge >= 0.3 is 6.18 Å². The minimum atomic E-state index is -4.62. The van der Waals surface area contributed by atoms with E-state index in [0.29, 0.717) is 24.2 Å². The average Bonchev–Trinajstić information content (AvgIpc) is 2.91. The topological polar surface area (TPSA) is 87.3 Å². The Hall–Kier alpha value is -3.28. The van der Waals surface area contributed by atoms with Gasteiger partial charge in [-0.3, -0.25) is 4.79 Å². The Morgan fingerprint density at radius 1 is 0.976 bits per heavy atom. The minimum Gasteiger partial charge on any atom is -0.349 e. The molecule has 0 radical (unpaired) electrons. The number of carbonyl (C=O) groups excluding carboxylic acids is 1. The molecule has 4 rings (SSSR count). The van der Waals surface area contributed by atoms with Crippen molar-refractivity contribution in [1.82, 2.24) is 15.4 Å². The average molecular weight is 606 g/mol. The maximum absolute atomic E-state index is 13.6. The number of aryl methyl sites for hydroxylation is 1. The first-order valence-corrected chi connectivity index (χ1v) is 15.2. The molecule has 6 nitrogen and oxygen atoms in total. The Labute approximate surface area is 244 Å². The minimum absolute atomic E-state index is 0.0263. The van der Waals surface area contributed by atoms with Gasteiger partial charge in [-0.25, -0.2) is 17.5 Å². The van der Waals surface area contributed by atoms with Crippen molar-refractivity contribution in [3.63, 3.8) is 0 Å². The molecule has 0 aromatic heterocycles. The molecule has 2 atom stereocenters. The number of fused-ring (bicyclic) bond motifs is 1. The van der Waals surface area contributed by atoms with Crippen molar-refractivity contribution in [3.8, 4) is 0 Å². The number of nitrogens with one attached hydrogen (secondary N) is 3. The van der Waals surface area contributed by atoms with Crippen LogP contribution in [0.15, 0.2) is 71.6 Å². The van der Waals surface area contributed by atoms with Gasteiger partial charge in [-0.05, 0) is 98.7 Å². The maximum Gasteiger partial charge on any atom is 0.416 e. The van der Waals surface area contributed by atoms with Crippen LogP contribution in [0.3, 0.4) is 0 Å². The highest BCUT2D eigenvalue weighted by molar-refractivity contribution is 7.89. The molecule has 0 spiro atoms. The Bertz CT molecular complexity index is 1500. The summed E-state index contributed by atoms with van der Waals surface area (Å²) in [6.45, 7) is 7.01. The van der Waals surface area contributed by atoms with Gasteiger partial charge in [0.2, 0.25) is 15.9 Å². The van der Waals surface area contributed by atoms with E-state index in [2.05, 4.69) is 42.2 Å². The lowest BCUT2D eigenvalue weighted by molar-refractivity contribution is -0.137. The molecule has 1 amide bonds. The monoisotopic (exact) mass is 605 g/mol. The van der Waals surface area contributed by atoms with Crippen LogP contribution in [-0.2, 0) is 34.0 Å². The Morgan fingerprint density at radius 3 is 2.26 bits per heavy atom. The number of sulfonamides is 1. The maximum atomic E-state index is 13.6. The summed E-state index contributed by atoms with van der Waals surface area (Å²) >= 11 is 0. The summed E-state index contributed by atoms with van der Waals surface area (Å²) in [5.74, 6) is -0.959. The van der Waals surface area contributed by atoms with E-state index in [-0.39, 0.29) is 22.9 Å². The Balaban J connectivity index is 1.51. The zero-order valence-electron chi connectivity index (χ0n) is 23.7. The van der Waals surface area contributed by atoms with Crippen LogP contribution in [-0.4, -0.2) is 19.9 Å². The molecular weight excluding hydrogens is 570 g/mol. The number of hydrogen-bond donors (Lipinski definition) is 3. The van der Waals surface area contributed by atoms with Gasteiger partial charge in [-0.15, -0.1) is 0 Å². The molecule has 3 N–H and O–H groups in total. The normalized spacial score (nSPS) is 16.5. The van der Waals surface area contributed by atoms with Gasteiger partial charge < -0.3 is 10.6 Å². The van der Waals surface area contributed by atoms with Crippen molar-refractivity contribution in [2.75, 3.05) is 0 Å². The van der Waals surface area contributed by atoms with Crippen LogP contribution >= 0.6 is 0 Å². The molecule has 0 bridgehead atoms. The molecule has 3 aromatic carbocycles. The van der Waals surface area contributed by atoms with Crippen molar-refractivity contribution in [2.24, 2.45) is 0 Å². The lowest BCUT2D eigenvalue weighted by Crippen LogP contribution is -2.36. The molecule has 0 heterocycles. The summed E-state index contributed by atoms with van der Waals surface area (Å²) in [5.41, 5.74) is 2.63. The quantitative estimate of drug-likeness (QED) is 0.249. The molecule has 11 heteroatoms. The molecule has 0 saturated heterocycles. The number of amides is 1. The van der Waals surface area contributed by atoms with E-state index < -0.39 is 39.5 Å². The number of rotatable bonds is 9. The summed E-state index contributed by atoms with van der Waals surface area (Å²) in [7, 11) is -4.33. The van der Waals surface area contributed by atoms with E-state index in [0.717, 1.165) is 60.2 Å². The van der Waals surface area contributed by atoms with Crippen LogP contribution in [0.25, 0.3) is 0 Å². The van der Waals surface area contributed by atoms with Crippen LogP contribution in [0, 0.1) is 5.82 Å². The van der Waals surface area contributed by atoms with Crippen LogP contribution in [0.5, 0.6) is 0 Å². The molecule has 0 saturated carbocycles. The van der Waals surface area contributed by atoms with Crippen LogP contribution in [0.4, 0.5) is 17.6 Å². The molecule has 3 aromatic rings. The second kappa shape index (κ2) is 12.5.